The first kappa shape index (κ1) is 17.1. The number of hydrogen-bond acceptors (Lipinski definition) is 3. The molecule has 4 N–H and O–H groups in total. The second kappa shape index (κ2) is 7.42. The number of hydrogen-bond donors (Lipinski definition) is 3. The first-order valence-corrected chi connectivity index (χ1v) is 8.21. The molecule has 0 radical (unpaired) electrons. The van der Waals surface area contributed by atoms with Gasteiger partial charge in [-0.05, 0) is 49.5 Å². The van der Waals surface area contributed by atoms with Crippen molar-refractivity contribution >= 4 is 57.4 Å². The van der Waals surface area contributed by atoms with Gasteiger partial charge in [0, 0.05) is 16.1 Å². The Morgan fingerprint density at radius 2 is 1.80 bits per heavy atom. The molecule has 0 saturated heterocycles. The van der Waals surface area contributed by atoms with E-state index in [1.807, 2.05) is 31.2 Å². The van der Waals surface area contributed by atoms with Crippen molar-refractivity contribution in [2.75, 3.05) is 10.6 Å². The number of halogens is 1. The Labute approximate surface area is 155 Å². The molecule has 8 heteroatoms. The van der Waals surface area contributed by atoms with Gasteiger partial charge in [-0.25, -0.2) is 9.97 Å². The van der Waals surface area contributed by atoms with Gasteiger partial charge in [-0.3, -0.25) is 5.32 Å². The van der Waals surface area contributed by atoms with Gasteiger partial charge in [0.05, 0.1) is 11.2 Å². The molecule has 0 spiro atoms. The number of aryl methyl sites for hydroxylation is 1. The molecular formula is C17H15ClN6S. The van der Waals surface area contributed by atoms with Crippen molar-refractivity contribution in [1.82, 2.24) is 9.97 Å². The minimum Gasteiger partial charge on any atom is -0.369 e. The maximum absolute atomic E-state index is 5.89. The zero-order valence-electron chi connectivity index (χ0n) is 13.3. The highest BCUT2D eigenvalue weighted by atomic mass is 35.5. The van der Waals surface area contributed by atoms with E-state index in [9.17, 15) is 0 Å². The van der Waals surface area contributed by atoms with Crippen molar-refractivity contribution in [3.8, 4) is 0 Å². The lowest BCUT2D eigenvalue weighted by atomic mass is 10.2. The van der Waals surface area contributed by atoms with Crippen molar-refractivity contribution in [2.45, 2.75) is 6.92 Å². The highest BCUT2D eigenvalue weighted by molar-refractivity contribution is 7.80. The zero-order chi connectivity index (χ0) is 17.8. The first-order chi connectivity index (χ1) is 12.0. The summed E-state index contributed by atoms with van der Waals surface area (Å²) in [4.78, 5) is 12.9. The highest BCUT2D eigenvalue weighted by Crippen LogP contribution is 2.16. The molecule has 0 aliphatic carbocycles. The maximum Gasteiger partial charge on any atom is 0.230 e. The van der Waals surface area contributed by atoms with Crippen LogP contribution < -0.4 is 16.4 Å². The lowest BCUT2D eigenvalue weighted by Crippen LogP contribution is -2.26. The van der Waals surface area contributed by atoms with Gasteiger partial charge in [-0.1, -0.05) is 29.8 Å². The van der Waals surface area contributed by atoms with Crippen LogP contribution >= 0.6 is 23.8 Å². The number of nitrogens with one attached hydrogen (secondary N) is 2. The van der Waals surface area contributed by atoms with E-state index in [0.717, 1.165) is 22.3 Å². The topological polar surface area (TPSA) is 88.2 Å². The third kappa shape index (κ3) is 4.40. The SMILES string of the molecule is Cc1nc(NC(N)=NC(=S)Nc2ccc(Cl)cc2)nc2ccccc12. The molecule has 0 fully saturated rings. The largest absolute Gasteiger partial charge is 0.369 e. The van der Waals surface area contributed by atoms with Crippen LogP contribution in [-0.4, -0.2) is 21.0 Å². The van der Waals surface area contributed by atoms with Crippen molar-refractivity contribution in [3.63, 3.8) is 0 Å². The average molecular weight is 371 g/mol. The van der Waals surface area contributed by atoms with Crippen LogP contribution in [0.4, 0.5) is 11.6 Å². The van der Waals surface area contributed by atoms with E-state index in [-0.39, 0.29) is 11.1 Å². The summed E-state index contributed by atoms with van der Waals surface area (Å²) >= 11 is 11.0. The molecular weight excluding hydrogens is 356 g/mol. The standard InChI is InChI=1S/C17H15ClN6S/c1-10-13-4-2-3-5-14(13)22-16(20-10)23-15(19)24-17(25)21-12-8-6-11(18)7-9-12/h2-9H,1H3,(H4,19,20,21,22,23,24,25). The highest BCUT2D eigenvalue weighted by Gasteiger charge is 2.05. The van der Waals surface area contributed by atoms with Gasteiger partial charge in [0.2, 0.25) is 17.0 Å². The molecule has 1 heterocycles. The van der Waals surface area contributed by atoms with E-state index < -0.39 is 0 Å². The third-order valence-electron chi connectivity index (χ3n) is 3.35. The van der Waals surface area contributed by atoms with Gasteiger partial charge < -0.3 is 11.1 Å². The molecule has 0 atom stereocenters. The third-order valence-corrected chi connectivity index (χ3v) is 3.80. The van der Waals surface area contributed by atoms with Crippen LogP contribution in [0.2, 0.25) is 5.02 Å². The first-order valence-electron chi connectivity index (χ1n) is 7.42. The Balaban J connectivity index is 1.72. The Morgan fingerprint density at radius 3 is 2.56 bits per heavy atom. The van der Waals surface area contributed by atoms with Gasteiger partial charge in [-0.15, -0.1) is 0 Å². The number of nitrogens with zero attached hydrogens (tertiary/aromatic N) is 3. The Kier molecular flexibility index (Phi) is 5.06. The number of nitrogens with two attached hydrogens (primary N) is 1. The van der Waals surface area contributed by atoms with Crippen molar-refractivity contribution in [2.24, 2.45) is 10.7 Å². The second-order valence-electron chi connectivity index (χ2n) is 5.21. The van der Waals surface area contributed by atoms with E-state index in [0.29, 0.717) is 11.0 Å². The molecule has 2 aromatic carbocycles. The summed E-state index contributed by atoms with van der Waals surface area (Å²) in [6.07, 6.45) is 0. The molecule has 1 aromatic heterocycles. The predicted molar refractivity (Wildman–Crippen MR) is 107 cm³/mol. The molecule has 126 valence electrons. The summed E-state index contributed by atoms with van der Waals surface area (Å²) < 4.78 is 0. The summed E-state index contributed by atoms with van der Waals surface area (Å²) in [6, 6.07) is 14.8. The fraction of sp³-hybridized carbons (Fsp3) is 0.0588. The molecule has 3 aromatic rings. The molecule has 0 aliphatic rings. The summed E-state index contributed by atoms with van der Waals surface area (Å²) in [5.41, 5.74) is 8.33. The minimum atomic E-state index is 0.0983. The number of para-hydroxylation sites is 1. The van der Waals surface area contributed by atoms with E-state index in [1.54, 1.807) is 24.3 Å². The smallest absolute Gasteiger partial charge is 0.230 e. The Bertz CT molecular complexity index is 955. The second-order valence-corrected chi connectivity index (χ2v) is 6.03. The van der Waals surface area contributed by atoms with Gasteiger partial charge in [-0.2, -0.15) is 4.99 Å². The number of fused-ring (bicyclic) bond motifs is 1. The Hall–Kier alpha value is -2.77. The van der Waals surface area contributed by atoms with Crippen LogP contribution in [0, 0.1) is 6.92 Å². The molecule has 0 amide bonds. The molecule has 0 unspecified atom stereocenters. The molecule has 3 rings (SSSR count). The lowest BCUT2D eigenvalue weighted by Gasteiger charge is -2.08. The van der Waals surface area contributed by atoms with E-state index in [2.05, 4.69) is 25.6 Å². The van der Waals surface area contributed by atoms with Crippen LogP contribution in [0.1, 0.15) is 5.69 Å². The number of aromatic nitrogens is 2. The normalized spacial score (nSPS) is 11.4. The van der Waals surface area contributed by atoms with E-state index in [4.69, 9.17) is 29.6 Å². The molecule has 0 aliphatic heterocycles. The van der Waals surface area contributed by atoms with E-state index >= 15 is 0 Å². The lowest BCUT2D eigenvalue weighted by molar-refractivity contribution is 1.15. The summed E-state index contributed by atoms with van der Waals surface area (Å²) in [6.45, 7) is 1.91. The number of guanidine groups is 1. The summed E-state index contributed by atoms with van der Waals surface area (Å²) in [5.74, 6) is 0.466. The number of rotatable bonds is 2. The van der Waals surface area contributed by atoms with Crippen LogP contribution in [0.15, 0.2) is 53.5 Å². The molecule has 0 saturated carbocycles. The monoisotopic (exact) mass is 370 g/mol. The summed E-state index contributed by atoms with van der Waals surface area (Å²) in [5, 5.41) is 7.65. The zero-order valence-corrected chi connectivity index (χ0v) is 14.9. The number of aliphatic imine (C=N–C) groups is 1. The number of anilines is 2. The number of thiocarbonyl (C=S) groups is 1. The van der Waals surface area contributed by atoms with Crippen LogP contribution in [0.5, 0.6) is 0 Å². The quantitative estimate of drug-likeness (QED) is 0.362. The van der Waals surface area contributed by atoms with Crippen LogP contribution in [0.3, 0.4) is 0 Å². The minimum absolute atomic E-state index is 0.0983. The van der Waals surface area contributed by atoms with Crippen molar-refractivity contribution in [1.29, 1.82) is 0 Å². The van der Waals surface area contributed by atoms with Crippen LogP contribution in [-0.2, 0) is 0 Å². The number of benzene rings is 2. The fourth-order valence-electron chi connectivity index (χ4n) is 2.23. The van der Waals surface area contributed by atoms with Gasteiger partial charge >= 0.3 is 0 Å². The van der Waals surface area contributed by atoms with Crippen LogP contribution in [0.25, 0.3) is 10.9 Å². The maximum atomic E-state index is 5.89. The van der Waals surface area contributed by atoms with E-state index in [1.165, 1.54) is 0 Å². The van der Waals surface area contributed by atoms with Crippen molar-refractivity contribution < 1.29 is 0 Å². The fourth-order valence-corrected chi connectivity index (χ4v) is 2.57. The average Bonchev–Trinajstić information content (AvgIpc) is 2.57. The Morgan fingerprint density at radius 1 is 1.08 bits per heavy atom. The predicted octanol–water partition coefficient (Wildman–Crippen LogP) is 3.72. The molecule has 0 bridgehead atoms. The summed E-state index contributed by atoms with van der Waals surface area (Å²) in [7, 11) is 0. The van der Waals surface area contributed by atoms with Gasteiger partial charge in [0.25, 0.3) is 0 Å². The van der Waals surface area contributed by atoms with Gasteiger partial charge in [0.15, 0.2) is 0 Å². The molecule has 25 heavy (non-hydrogen) atoms. The van der Waals surface area contributed by atoms with Gasteiger partial charge in [0.1, 0.15) is 0 Å². The van der Waals surface area contributed by atoms with Crippen molar-refractivity contribution in [3.05, 3.63) is 59.2 Å². The molecule has 6 nitrogen and oxygen atoms in total.